The van der Waals surface area contributed by atoms with Crippen molar-refractivity contribution in [1.82, 2.24) is 4.90 Å². The van der Waals surface area contributed by atoms with Crippen LogP contribution in [0.2, 0.25) is 0 Å². The molecule has 0 saturated carbocycles. The Hall–Kier alpha value is -0.830. The molecule has 14 heavy (non-hydrogen) atoms. The van der Waals surface area contributed by atoms with E-state index in [1.165, 1.54) is 0 Å². The van der Waals surface area contributed by atoms with Crippen molar-refractivity contribution in [3.05, 3.63) is 12.2 Å². The Morgan fingerprint density at radius 1 is 1.64 bits per heavy atom. The smallest absolute Gasteiger partial charge is 0.246 e. The van der Waals surface area contributed by atoms with Crippen LogP contribution in [0.25, 0.3) is 0 Å². The summed E-state index contributed by atoms with van der Waals surface area (Å²) in [5.74, 6) is 0.118. The predicted octanol–water partition coefficient (Wildman–Crippen LogP) is 1.33. The van der Waals surface area contributed by atoms with Crippen LogP contribution in [0.4, 0.5) is 0 Å². The molecule has 0 radical (unpaired) electrons. The van der Waals surface area contributed by atoms with E-state index in [0.717, 1.165) is 32.2 Å². The third-order valence-corrected chi connectivity index (χ3v) is 2.66. The second-order valence-electron chi connectivity index (χ2n) is 3.69. The van der Waals surface area contributed by atoms with E-state index in [-0.39, 0.29) is 12.5 Å². The first-order chi connectivity index (χ1) is 6.79. The molecule has 1 atom stereocenters. The first-order valence-corrected chi connectivity index (χ1v) is 5.33. The van der Waals surface area contributed by atoms with Gasteiger partial charge in [-0.3, -0.25) is 4.79 Å². The summed E-state index contributed by atoms with van der Waals surface area (Å²) in [5.41, 5.74) is 0. The zero-order valence-electron chi connectivity index (χ0n) is 8.78. The molecule has 1 saturated heterocycles. The molecule has 0 aromatic rings. The van der Waals surface area contributed by atoms with Crippen molar-refractivity contribution in [3.8, 4) is 0 Å². The number of nitrogens with zero attached hydrogens (tertiary/aromatic N) is 1. The number of carbonyl (C=O) groups excluding carboxylic acids is 1. The lowest BCUT2D eigenvalue weighted by molar-refractivity contribution is -0.126. The molecule has 0 spiro atoms. The van der Waals surface area contributed by atoms with Crippen LogP contribution in [-0.2, 0) is 4.79 Å². The van der Waals surface area contributed by atoms with E-state index >= 15 is 0 Å². The lowest BCUT2D eigenvalue weighted by atomic mass is 10.1. The molecule has 0 aromatic heterocycles. The van der Waals surface area contributed by atoms with Crippen molar-refractivity contribution in [2.24, 2.45) is 0 Å². The van der Waals surface area contributed by atoms with Crippen LogP contribution in [0.1, 0.15) is 32.6 Å². The Bertz CT molecular complexity index is 213. The molecule has 1 aliphatic heterocycles. The fourth-order valence-electron chi connectivity index (χ4n) is 1.99. The van der Waals surface area contributed by atoms with Crippen molar-refractivity contribution in [2.75, 3.05) is 13.2 Å². The number of aliphatic hydroxyl groups excluding tert-OH is 1. The van der Waals surface area contributed by atoms with Crippen LogP contribution < -0.4 is 0 Å². The zero-order chi connectivity index (χ0) is 10.4. The molecule has 1 unspecified atom stereocenters. The van der Waals surface area contributed by atoms with E-state index < -0.39 is 0 Å². The highest BCUT2D eigenvalue weighted by molar-refractivity contribution is 5.87. The number of amides is 1. The molecule has 1 N–H and O–H groups in total. The van der Waals surface area contributed by atoms with E-state index in [2.05, 4.69) is 0 Å². The van der Waals surface area contributed by atoms with Crippen LogP contribution in [0.15, 0.2) is 12.2 Å². The van der Waals surface area contributed by atoms with Crippen molar-refractivity contribution in [2.45, 2.75) is 38.6 Å². The van der Waals surface area contributed by atoms with Gasteiger partial charge in [0.05, 0.1) is 0 Å². The number of hydrogen-bond donors (Lipinski definition) is 1. The van der Waals surface area contributed by atoms with E-state index in [4.69, 9.17) is 5.11 Å². The Balaban J connectivity index is 2.46. The van der Waals surface area contributed by atoms with Gasteiger partial charge in [-0.2, -0.15) is 0 Å². The van der Waals surface area contributed by atoms with Crippen molar-refractivity contribution < 1.29 is 9.90 Å². The second-order valence-corrected chi connectivity index (χ2v) is 3.69. The summed E-state index contributed by atoms with van der Waals surface area (Å²) in [6.07, 6.45) is 7.31. The number of hydrogen-bond acceptors (Lipinski definition) is 2. The molecule has 1 amide bonds. The molecule has 0 aromatic carbocycles. The highest BCUT2D eigenvalue weighted by atomic mass is 16.3. The number of allylic oxidation sites excluding steroid dienone is 1. The maximum absolute atomic E-state index is 11.6. The van der Waals surface area contributed by atoms with Crippen LogP contribution in [0.5, 0.6) is 0 Å². The first-order valence-electron chi connectivity index (χ1n) is 5.33. The Kier molecular flexibility index (Phi) is 4.66. The molecule has 3 heteroatoms. The van der Waals surface area contributed by atoms with E-state index in [0.29, 0.717) is 6.04 Å². The SMILES string of the molecule is CC=CC(=O)N1CCCC1CCCO. The van der Waals surface area contributed by atoms with Gasteiger partial charge in [0.15, 0.2) is 0 Å². The molecule has 1 fully saturated rings. The molecule has 80 valence electrons. The largest absolute Gasteiger partial charge is 0.396 e. The molecule has 0 aliphatic carbocycles. The third kappa shape index (κ3) is 2.84. The quantitative estimate of drug-likeness (QED) is 0.691. The van der Waals surface area contributed by atoms with Gasteiger partial charge in [-0.15, -0.1) is 0 Å². The maximum Gasteiger partial charge on any atom is 0.246 e. The minimum absolute atomic E-state index is 0.118. The van der Waals surface area contributed by atoms with Crippen molar-refractivity contribution in [3.63, 3.8) is 0 Å². The predicted molar refractivity (Wildman–Crippen MR) is 55.9 cm³/mol. The summed E-state index contributed by atoms with van der Waals surface area (Å²) in [7, 11) is 0. The lowest BCUT2D eigenvalue weighted by Gasteiger charge is -2.23. The lowest BCUT2D eigenvalue weighted by Crippen LogP contribution is -2.34. The van der Waals surface area contributed by atoms with Gasteiger partial charge in [-0.05, 0) is 38.7 Å². The summed E-state index contributed by atoms with van der Waals surface area (Å²) in [5, 5.41) is 8.74. The number of rotatable bonds is 4. The van der Waals surface area contributed by atoms with Gasteiger partial charge in [0.1, 0.15) is 0 Å². The van der Waals surface area contributed by atoms with Gasteiger partial charge in [0, 0.05) is 19.2 Å². The van der Waals surface area contributed by atoms with E-state index in [1.54, 1.807) is 12.2 Å². The molecule has 1 heterocycles. The highest BCUT2D eigenvalue weighted by Gasteiger charge is 2.26. The standard InChI is InChI=1S/C11H19NO2/c1-2-5-11(14)12-8-3-6-10(12)7-4-9-13/h2,5,10,13H,3-4,6-9H2,1H3. The van der Waals surface area contributed by atoms with Crippen molar-refractivity contribution >= 4 is 5.91 Å². The number of aliphatic hydroxyl groups is 1. The Morgan fingerprint density at radius 2 is 2.43 bits per heavy atom. The second kappa shape index (κ2) is 5.81. The van der Waals surface area contributed by atoms with E-state index in [1.807, 2.05) is 11.8 Å². The fourth-order valence-corrected chi connectivity index (χ4v) is 1.99. The van der Waals surface area contributed by atoms with Crippen molar-refractivity contribution in [1.29, 1.82) is 0 Å². The number of carbonyl (C=O) groups is 1. The zero-order valence-corrected chi connectivity index (χ0v) is 8.78. The van der Waals surface area contributed by atoms with Gasteiger partial charge >= 0.3 is 0 Å². The maximum atomic E-state index is 11.6. The minimum Gasteiger partial charge on any atom is -0.396 e. The minimum atomic E-state index is 0.118. The fraction of sp³-hybridized carbons (Fsp3) is 0.727. The van der Waals surface area contributed by atoms with Gasteiger partial charge < -0.3 is 10.0 Å². The molecule has 1 aliphatic rings. The van der Waals surface area contributed by atoms with Crippen LogP contribution in [-0.4, -0.2) is 35.1 Å². The average molecular weight is 197 g/mol. The van der Waals surface area contributed by atoms with Gasteiger partial charge in [-0.25, -0.2) is 0 Å². The topological polar surface area (TPSA) is 40.5 Å². The first kappa shape index (κ1) is 11.2. The molecular weight excluding hydrogens is 178 g/mol. The molecule has 3 nitrogen and oxygen atoms in total. The molecule has 0 bridgehead atoms. The Morgan fingerprint density at radius 3 is 3.07 bits per heavy atom. The summed E-state index contributed by atoms with van der Waals surface area (Å²) in [4.78, 5) is 13.5. The third-order valence-electron chi connectivity index (χ3n) is 2.66. The molecule has 1 rings (SSSR count). The van der Waals surface area contributed by atoms with Gasteiger partial charge in [0.25, 0.3) is 0 Å². The van der Waals surface area contributed by atoms with Gasteiger partial charge in [0.2, 0.25) is 5.91 Å². The normalized spacial score (nSPS) is 22.1. The summed E-state index contributed by atoms with van der Waals surface area (Å²) < 4.78 is 0. The van der Waals surface area contributed by atoms with Crippen LogP contribution in [0.3, 0.4) is 0 Å². The van der Waals surface area contributed by atoms with Crippen LogP contribution in [0, 0.1) is 0 Å². The van der Waals surface area contributed by atoms with Crippen LogP contribution >= 0.6 is 0 Å². The molecular formula is C11H19NO2. The average Bonchev–Trinajstić information content (AvgIpc) is 2.63. The monoisotopic (exact) mass is 197 g/mol. The number of likely N-dealkylation sites (tertiary alicyclic amines) is 1. The highest BCUT2D eigenvalue weighted by Crippen LogP contribution is 2.21. The summed E-state index contributed by atoms with van der Waals surface area (Å²) in [6.45, 7) is 2.96. The summed E-state index contributed by atoms with van der Waals surface area (Å²) in [6, 6.07) is 0.353. The summed E-state index contributed by atoms with van der Waals surface area (Å²) >= 11 is 0. The van der Waals surface area contributed by atoms with Gasteiger partial charge in [-0.1, -0.05) is 6.08 Å². The Labute approximate surface area is 85.4 Å². The van der Waals surface area contributed by atoms with E-state index in [9.17, 15) is 4.79 Å².